The first-order chi connectivity index (χ1) is 49.0. The van der Waals surface area contributed by atoms with Crippen molar-refractivity contribution >= 4 is 152 Å². The second-order valence-electron chi connectivity index (χ2n) is 27.1. The van der Waals surface area contributed by atoms with Gasteiger partial charge in [-0.05, 0) is 61.1 Å². The van der Waals surface area contributed by atoms with Crippen LogP contribution in [-0.4, -0.2) is 48.4 Å². The van der Waals surface area contributed by atoms with Crippen molar-refractivity contribution in [2.45, 2.75) is 130 Å². The van der Waals surface area contributed by atoms with Crippen LogP contribution in [0.1, 0.15) is 102 Å². The summed E-state index contributed by atoms with van der Waals surface area (Å²) in [6.45, 7) is 5.43. The number of unbranched alkanes of at least 4 members (excludes halogenated alkanes) is 10. The molecule has 0 aliphatic heterocycles. The highest BCUT2D eigenvalue weighted by Gasteiger charge is 2.34. The molecular formula is C84H72N8O8. The highest BCUT2D eigenvalue weighted by Crippen LogP contribution is 2.50. The number of aryl methyl sites for hydroxylation is 2. The molecule has 0 radical (unpaired) electrons. The maximum Gasteiger partial charge on any atom is 0.263 e. The van der Waals surface area contributed by atoms with Crippen molar-refractivity contribution < 1.29 is 10.2 Å². The average Bonchev–Trinajstić information content (AvgIpc) is 1.35. The smallest absolute Gasteiger partial charge is 0.263 e. The molecule has 0 saturated carbocycles. The number of H-pyrrole nitrogens is 2. The van der Waals surface area contributed by atoms with Gasteiger partial charge in [-0.3, -0.25) is 47.0 Å². The monoisotopic (exact) mass is 1320 g/mol. The van der Waals surface area contributed by atoms with Gasteiger partial charge in [0.15, 0.2) is 0 Å². The fourth-order valence-corrected chi connectivity index (χ4v) is 16.6. The molecule has 16 heteroatoms. The lowest BCUT2D eigenvalue weighted by atomic mass is 9.90. The van der Waals surface area contributed by atoms with Crippen molar-refractivity contribution in [3.05, 3.63) is 231 Å². The first-order valence-corrected chi connectivity index (χ1v) is 35.4. The van der Waals surface area contributed by atoms with E-state index in [0.29, 0.717) is 145 Å². The Morgan fingerprint density at radius 2 is 0.620 bits per heavy atom. The van der Waals surface area contributed by atoms with Crippen LogP contribution in [0, 0.1) is 0 Å². The third-order valence-corrected chi connectivity index (χ3v) is 21.3. The van der Waals surface area contributed by atoms with Crippen LogP contribution < -0.4 is 33.4 Å². The second-order valence-corrected chi connectivity index (χ2v) is 27.1. The average molecular weight is 1320 g/mol. The summed E-state index contributed by atoms with van der Waals surface area (Å²) in [5.41, 5.74) is 4.62. The van der Waals surface area contributed by atoms with Gasteiger partial charge in [-0.15, -0.1) is 0 Å². The van der Waals surface area contributed by atoms with Gasteiger partial charge in [-0.25, -0.2) is 9.97 Å². The predicted octanol–water partition coefficient (Wildman–Crippen LogP) is 16.7. The van der Waals surface area contributed by atoms with Gasteiger partial charge in [0.2, 0.25) is 11.8 Å². The van der Waals surface area contributed by atoms with E-state index in [9.17, 15) is 39.0 Å². The Balaban J connectivity index is 0.000000150. The minimum absolute atomic E-state index is 0.157. The van der Waals surface area contributed by atoms with Gasteiger partial charge in [0, 0.05) is 102 Å². The molecule has 18 rings (SSSR count). The second kappa shape index (κ2) is 24.8. The molecule has 0 atom stereocenters. The number of hydrogen-bond acceptors (Lipinski definition) is 10. The van der Waals surface area contributed by atoms with Crippen LogP contribution in [0.15, 0.2) is 186 Å². The van der Waals surface area contributed by atoms with Crippen molar-refractivity contribution in [1.82, 2.24) is 38.2 Å². The Morgan fingerprint density at radius 1 is 0.300 bits per heavy atom. The van der Waals surface area contributed by atoms with E-state index in [1.54, 1.807) is 0 Å². The van der Waals surface area contributed by atoms with Gasteiger partial charge >= 0.3 is 0 Å². The largest absolute Gasteiger partial charge is 0.494 e. The summed E-state index contributed by atoms with van der Waals surface area (Å²) < 4.78 is 5.66. The van der Waals surface area contributed by atoms with Gasteiger partial charge in [0.1, 0.15) is 0 Å². The number of para-hydroxylation sites is 4. The lowest BCUT2D eigenvalue weighted by Gasteiger charge is -2.19. The fraction of sp³-hybridized carbons (Fsp3) is 0.238. The maximum atomic E-state index is 14.8. The number of pyridine rings is 4. The Morgan fingerprint density at radius 3 is 1.07 bits per heavy atom. The van der Waals surface area contributed by atoms with Crippen molar-refractivity contribution in [3.8, 4) is 11.8 Å². The van der Waals surface area contributed by atoms with E-state index >= 15 is 0 Å². The molecule has 0 saturated heterocycles. The van der Waals surface area contributed by atoms with Crippen LogP contribution in [0.2, 0.25) is 0 Å². The van der Waals surface area contributed by atoms with Crippen molar-refractivity contribution in [2.24, 2.45) is 0 Å². The van der Waals surface area contributed by atoms with Crippen molar-refractivity contribution in [3.63, 3.8) is 0 Å². The summed E-state index contributed by atoms with van der Waals surface area (Å²) in [7, 11) is 0. The third kappa shape index (κ3) is 9.46. The van der Waals surface area contributed by atoms with Crippen molar-refractivity contribution in [2.75, 3.05) is 0 Å². The number of aromatic amines is 2. The third-order valence-electron chi connectivity index (χ3n) is 21.3. The maximum absolute atomic E-state index is 14.8. The molecule has 8 aromatic heterocycles. The fourth-order valence-electron chi connectivity index (χ4n) is 16.6. The number of aromatic hydroxyl groups is 2. The SMILES string of the molecule is CCCCCCCCn1c(O)c2c3nc4ccccc4c3c3c(=O)n(CCCCCCCC)c(=O)c4c5[nH]c6ccccc6c5c(c1=O)c2c43.O=c1c2c3c4ccccc4[nH]c3c3c(=O)n(CCc4ccccc4)c(=O)c4c5c6ccccc6nc5c(c(O)n1CCc1ccccc1)c2c34. The molecule has 8 heterocycles. The summed E-state index contributed by atoms with van der Waals surface area (Å²) in [6, 6.07) is 50.3. The van der Waals surface area contributed by atoms with E-state index in [2.05, 4.69) is 23.8 Å². The first kappa shape index (κ1) is 62.0. The van der Waals surface area contributed by atoms with E-state index < -0.39 is 11.1 Å². The molecule has 0 spiro atoms. The number of nitrogens with zero attached hydrogens (tertiary/aromatic N) is 6. The van der Waals surface area contributed by atoms with Crippen LogP contribution in [0.25, 0.3) is 152 Å². The first-order valence-electron chi connectivity index (χ1n) is 35.4. The predicted molar refractivity (Wildman–Crippen MR) is 407 cm³/mol. The Labute approximate surface area is 570 Å². The molecule has 100 heavy (non-hydrogen) atoms. The van der Waals surface area contributed by atoms with Gasteiger partial charge < -0.3 is 20.2 Å². The Kier molecular flexibility index (Phi) is 15.4. The number of benzene rings is 10. The van der Waals surface area contributed by atoms with Crippen LogP contribution in [0.5, 0.6) is 11.8 Å². The lowest BCUT2D eigenvalue weighted by Crippen LogP contribution is -2.34. The number of fused-ring (bicyclic) bond motifs is 20. The Hall–Kier alpha value is -11.5. The van der Waals surface area contributed by atoms with E-state index in [1.807, 2.05) is 158 Å². The minimum Gasteiger partial charge on any atom is -0.494 e. The number of rotatable bonds is 20. The standard InChI is InChI=1S/C42H28N4O4.C42H44N4O4/c47-39-33-29-25-15-7-9-17-27(25)44-38(29)36-32-31(33)35(41(49)45(39)21-19-23-11-3-1-4-12-23)37-30(26-16-8-10-18-28(26)43-37)34(32)40(48)46(42(36)50)22-20-24-13-5-2-6-14-24;1-3-5-7-9-11-17-23-45-39(47)33-29-25-19-13-15-21-27(25)44-38(29)36-32-31(33)35(41(45)49)37-30(26-20-14-16-22-28(26)43-37)34(32)40(48)46(42(36)50)24-18-12-10-8-6-4-2/h1-18,43,50H,19-22H2;13-16,19-22,43,50H,3-12,17-18,23-24H2,1-2H3. The molecule has 10 aromatic carbocycles. The molecule has 4 N–H and O–H groups in total. The highest BCUT2D eigenvalue weighted by atomic mass is 16.3. The van der Waals surface area contributed by atoms with Crippen LogP contribution in [0.3, 0.4) is 0 Å². The quantitative estimate of drug-likeness (QED) is 0.0418. The zero-order chi connectivity index (χ0) is 68.2. The van der Waals surface area contributed by atoms with E-state index in [-0.39, 0.29) is 47.1 Å². The zero-order valence-corrected chi connectivity index (χ0v) is 55.8. The molecule has 0 amide bonds. The highest BCUT2D eigenvalue weighted by molar-refractivity contribution is 6.46. The molecular weight excluding hydrogens is 1250 g/mol. The summed E-state index contributed by atoms with van der Waals surface area (Å²) >= 11 is 0. The molecule has 0 bridgehead atoms. The van der Waals surface area contributed by atoms with Gasteiger partial charge in [-0.1, -0.05) is 212 Å². The molecule has 0 unspecified atom stereocenters. The zero-order valence-electron chi connectivity index (χ0n) is 55.8. The molecule has 0 fully saturated rings. The summed E-state index contributed by atoms with van der Waals surface area (Å²) in [5, 5.41) is 34.6. The van der Waals surface area contributed by atoms with Crippen LogP contribution in [0.4, 0.5) is 0 Å². The molecule has 0 aliphatic carbocycles. The van der Waals surface area contributed by atoms with Gasteiger partial charge in [0.05, 0.1) is 76.2 Å². The van der Waals surface area contributed by atoms with Gasteiger partial charge in [-0.2, -0.15) is 0 Å². The molecule has 18 aromatic rings. The topological polar surface area (TPSA) is 220 Å². The minimum atomic E-state index is -0.437. The summed E-state index contributed by atoms with van der Waals surface area (Å²) in [6.07, 6.45) is 13.4. The number of hydrogen-bond donors (Lipinski definition) is 4. The molecule has 16 nitrogen and oxygen atoms in total. The normalized spacial score (nSPS) is 12.3. The lowest BCUT2D eigenvalue weighted by molar-refractivity contribution is 0.406. The van der Waals surface area contributed by atoms with Gasteiger partial charge in [0.25, 0.3) is 33.4 Å². The van der Waals surface area contributed by atoms with Crippen LogP contribution >= 0.6 is 0 Å². The number of aromatic nitrogens is 8. The van der Waals surface area contributed by atoms with E-state index in [4.69, 9.17) is 9.97 Å². The van der Waals surface area contributed by atoms with Crippen LogP contribution in [-0.2, 0) is 39.0 Å². The molecule has 496 valence electrons. The summed E-state index contributed by atoms with van der Waals surface area (Å²) in [5.74, 6) is -0.385. The summed E-state index contributed by atoms with van der Waals surface area (Å²) in [4.78, 5) is 106. The Bertz CT molecular complexity index is 6690. The molecule has 0 aliphatic rings. The number of nitrogens with one attached hydrogen (secondary N) is 2. The van der Waals surface area contributed by atoms with E-state index in [0.717, 1.165) is 108 Å². The van der Waals surface area contributed by atoms with Crippen molar-refractivity contribution in [1.29, 1.82) is 0 Å². The van der Waals surface area contributed by atoms with E-state index in [1.165, 1.54) is 31.1 Å².